The summed E-state index contributed by atoms with van der Waals surface area (Å²) in [4.78, 5) is 2.73. The molecule has 0 aromatic carbocycles. The maximum atomic E-state index is 5.57. The van der Waals surface area contributed by atoms with Gasteiger partial charge in [-0.3, -0.25) is 0 Å². The van der Waals surface area contributed by atoms with Gasteiger partial charge in [0.1, 0.15) is 0 Å². The van der Waals surface area contributed by atoms with Gasteiger partial charge in [-0.25, -0.2) is 0 Å². The van der Waals surface area contributed by atoms with E-state index < -0.39 is 0 Å². The summed E-state index contributed by atoms with van der Waals surface area (Å²) in [6, 6.07) is 4.36. The first-order valence-electron chi connectivity index (χ1n) is 5.72. The molecule has 0 aliphatic heterocycles. The fourth-order valence-electron chi connectivity index (χ4n) is 1.26. The van der Waals surface area contributed by atoms with Crippen molar-refractivity contribution in [3.63, 3.8) is 0 Å². The molecular weight excluding hydrogens is 206 g/mol. The van der Waals surface area contributed by atoms with Crippen molar-refractivity contribution in [1.29, 1.82) is 0 Å². The molecule has 1 aromatic heterocycles. The molecule has 1 N–H and O–H groups in total. The quantitative estimate of drug-likeness (QED) is 0.689. The van der Waals surface area contributed by atoms with Gasteiger partial charge < -0.3 is 10.1 Å². The second-order valence-corrected chi connectivity index (χ2v) is 4.81. The van der Waals surface area contributed by atoms with E-state index in [1.807, 2.05) is 11.3 Å². The summed E-state index contributed by atoms with van der Waals surface area (Å²) in [7, 11) is 0. The molecule has 0 aliphatic rings. The van der Waals surface area contributed by atoms with Gasteiger partial charge in [0.15, 0.2) is 0 Å². The lowest BCUT2D eigenvalue weighted by molar-refractivity contribution is 0.120. The lowest BCUT2D eigenvalue weighted by Gasteiger charge is -2.00. The fraction of sp³-hybridized carbons (Fsp3) is 0.667. The van der Waals surface area contributed by atoms with E-state index in [-0.39, 0.29) is 0 Å². The molecule has 15 heavy (non-hydrogen) atoms. The average molecular weight is 227 g/mol. The van der Waals surface area contributed by atoms with Crippen LogP contribution in [0, 0.1) is 0 Å². The molecule has 1 heterocycles. The van der Waals surface area contributed by atoms with Crippen LogP contribution in [0.4, 0.5) is 0 Å². The van der Waals surface area contributed by atoms with E-state index in [1.54, 1.807) is 0 Å². The van der Waals surface area contributed by atoms with Crippen LogP contribution < -0.4 is 5.32 Å². The number of thiophene rings is 1. The average Bonchev–Trinajstić information content (AvgIpc) is 2.69. The Kier molecular flexibility index (Phi) is 6.64. The SMILES string of the molecule is CCCCOCc1ccc(CNCC)s1. The van der Waals surface area contributed by atoms with Gasteiger partial charge in [-0.2, -0.15) is 0 Å². The van der Waals surface area contributed by atoms with Crippen LogP contribution in [0.2, 0.25) is 0 Å². The maximum Gasteiger partial charge on any atom is 0.0809 e. The molecule has 0 amide bonds. The predicted octanol–water partition coefficient (Wildman–Crippen LogP) is 3.17. The van der Waals surface area contributed by atoms with Crippen molar-refractivity contribution in [1.82, 2.24) is 5.32 Å². The van der Waals surface area contributed by atoms with Crippen molar-refractivity contribution in [2.75, 3.05) is 13.2 Å². The Labute approximate surface area is 96.7 Å². The minimum Gasteiger partial charge on any atom is -0.376 e. The minimum absolute atomic E-state index is 0.775. The highest BCUT2D eigenvalue weighted by Crippen LogP contribution is 2.17. The first kappa shape index (κ1) is 12.7. The van der Waals surface area contributed by atoms with E-state index in [9.17, 15) is 0 Å². The van der Waals surface area contributed by atoms with Crippen LogP contribution in [0.3, 0.4) is 0 Å². The van der Waals surface area contributed by atoms with Gasteiger partial charge in [0.05, 0.1) is 6.61 Å². The highest BCUT2D eigenvalue weighted by atomic mass is 32.1. The predicted molar refractivity (Wildman–Crippen MR) is 66.3 cm³/mol. The standard InChI is InChI=1S/C12H21NOS/c1-3-5-8-14-10-12-7-6-11(15-12)9-13-4-2/h6-7,13H,3-5,8-10H2,1-2H3. The number of rotatable bonds is 8. The van der Waals surface area contributed by atoms with E-state index in [1.165, 1.54) is 16.2 Å². The molecule has 0 spiro atoms. The number of hydrogen-bond acceptors (Lipinski definition) is 3. The summed E-state index contributed by atoms with van der Waals surface area (Å²) in [6.45, 7) is 7.98. The molecule has 0 bridgehead atoms. The largest absolute Gasteiger partial charge is 0.376 e. The first-order chi connectivity index (χ1) is 7.36. The second kappa shape index (κ2) is 7.85. The molecule has 0 fully saturated rings. The van der Waals surface area contributed by atoms with Crippen LogP contribution in [-0.4, -0.2) is 13.2 Å². The zero-order chi connectivity index (χ0) is 10.9. The van der Waals surface area contributed by atoms with Gasteiger partial charge in [0.25, 0.3) is 0 Å². The van der Waals surface area contributed by atoms with Gasteiger partial charge in [-0.05, 0) is 25.1 Å². The van der Waals surface area contributed by atoms with E-state index in [2.05, 4.69) is 31.3 Å². The zero-order valence-corrected chi connectivity index (χ0v) is 10.5. The van der Waals surface area contributed by atoms with Gasteiger partial charge in [0, 0.05) is 22.9 Å². The van der Waals surface area contributed by atoms with Crippen molar-refractivity contribution >= 4 is 11.3 Å². The molecule has 0 atom stereocenters. The highest BCUT2D eigenvalue weighted by molar-refractivity contribution is 7.11. The summed E-state index contributed by atoms with van der Waals surface area (Å²) in [5.74, 6) is 0. The third-order valence-corrected chi connectivity index (χ3v) is 3.21. The molecule has 1 rings (SSSR count). The van der Waals surface area contributed by atoms with Crippen molar-refractivity contribution in [2.24, 2.45) is 0 Å². The maximum absolute atomic E-state index is 5.57. The van der Waals surface area contributed by atoms with Crippen LogP contribution >= 0.6 is 11.3 Å². The van der Waals surface area contributed by atoms with E-state index >= 15 is 0 Å². The Morgan fingerprint density at radius 3 is 2.80 bits per heavy atom. The van der Waals surface area contributed by atoms with Gasteiger partial charge >= 0.3 is 0 Å². The van der Waals surface area contributed by atoms with E-state index in [4.69, 9.17) is 4.74 Å². The Balaban J connectivity index is 2.20. The van der Waals surface area contributed by atoms with Crippen molar-refractivity contribution < 1.29 is 4.74 Å². The molecule has 0 saturated carbocycles. The second-order valence-electron chi connectivity index (χ2n) is 3.55. The van der Waals surface area contributed by atoms with Crippen LogP contribution in [0.25, 0.3) is 0 Å². The number of nitrogens with one attached hydrogen (secondary N) is 1. The van der Waals surface area contributed by atoms with Gasteiger partial charge in [-0.15, -0.1) is 11.3 Å². The molecular formula is C12H21NOS. The minimum atomic E-state index is 0.775. The van der Waals surface area contributed by atoms with Crippen LogP contribution in [0.15, 0.2) is 12.1 Å². The van der Waals surface area contributed by atoms with Crippen molar-refractivity contribution in [2.45, 2.75) is 39.8 Å². The first-order valence-corrected chi connectivity index (χ1v) is 6.54. The van der Waals surface area contributed by atoms with Crippen LogP contribution in [0.1, 0.15) is 36.4 Å². The lowest BCUT2D eigenvalue weighted by Crippen LogP contribution is -2.10. The third-order valence-electron chi connectivity index (χ3n) is 2.15. The lowest BCUT2D eigenvalue weighted by atomic mass is 10.4. The van der Waals surface area contributed by atoms with Crippen LogP contribution in [0.5, 0.6) is 0 Å². The summed E-state index contributed by atoms with van der Waals surface area (Å²) in [5.41, 5.74) is 0. The summed E-state index contributed by atoms with van der Waals surface area (Å²) in [6.07, 6.45) is 2.37. The van der Waals surface area contributed by atoms with E-state index in [0.717, 1.165) is 32.7 Å². The third kappa shape index (κ3) is 5.30. The normalized spacial score (nSPS) is 10.8. The molecule has 3 heteroatoms. The smallest absolute Gasteiger partial charge is 0.0809 e. The number of unbranched alkanes of at least 4 members (excludes halogenated alkanes) is 1. The summed E-state index contributed by atoms with van der Waals surface area (Å²) >= 11 is 1.84. The number of ether oxygens (including phenoxy) is 1. The number of hydrogen-bond donors (Lipinski definition) is 1. The molecule has 0 radical (unpaired) electrons. The fourth-order valence-corrected chi connectivity index (χ4v) is 2.19. The molecule has 0 aliphatic carbocycles. The van der Waals surface area contributed by atoms with E-state index in [0.29, 0.717) is 0 Å². The summed E-state index contributed by atoms with van der Waals surface area (Å²) < 4.78 is 5.57. The monoisotopic (exact) mass is 227 g/mol. The highest BCUT2D eigenvalue weighted by Gasteiger charge is 1.99. The van der Waals surface area contributed by atoms with Gasteiger partial charge in [-0.1, -0.05) is 20.3 Å². The summed E-state index contributed by atoms with van der Waals surface area (Å²) in [5, 5.41) is 3.32. The Morgan fingerprint density at radius 1 is 1.27 bits per heavy atom. The topological polar surface area (TPSA) is 21.3 Å². The van der Waals surface area contributed by atoms with Crippen molar-refractivity contribution in [3.05, 3.63) is 21.9 Å². The molecule has 86 valence electrons. The molecule has 2 nitrogen and oxygen atoms in total. The molecule has 0 saturated heterocycles. The Morgan fingerprint density at radius 2 is 2.07 bits per heavy atom. The molecule has 0 unspecified atom stereocenters. The van der Waals surface area contributed by atoms with Gasteiger partial charge in [0.2, 0.25) is 0 Å². The Bertz CT molecular complexity index is 260. The Hall–Kier alpha value is -0.380. The van der Waals surface area contributed by atoms with Crippen molar-refractivity contribution in [3.8, 4) is 0 Å². The molecule has 1 aromatic rings. The van der Waals surface area contributed by atoms with Crippen LogP contribution in [-0.2, 0) is 17.9 Å². The zero-order valence-electron chi connectivity index (χ0n) is 9.71.